The summed E-state index contributed by atoms with van der Waals surface area (Å²) in [5.41, 5.74) is 5.22. The third kappa shape index (κ3) is 4.16. The van der Waals surface area contributed by atoms with E-state index in [2.05, 4.69) is 49.9 Å². The van der Waals surface area contributed by atoms with Gasteiger partial charge in [0, 0.05) is 78.9 Å². The van der Waals surface area contributed by atoms with E-state index in [1.165, 1.54) is 0 Å². The Morgan fingerprint density at radius 2 is 1.83 bits per heavy atom. The Kier molecular flexibility index (Phi) is 5.99. The lowest BCUT2D eigenvalue weighted by atomic mass is 10.0. The molecule has 0 amide bonds. The van der Waals surface area contributed by atoms with Gasteiger partial charge in [-0.15, -0.1) is 0 Å². The molecule has 36 heavy (non-hydrogen) atoms. The molecule has 4 aliphatic rings. The predicted octanol–water partition coefficient (Wildman–Crippen LogP) is 4.12. The van der Waals surface area contributed by atoms with Crippen LogP contribution < -0.4 is 20.6 Å². The number of rotatable bonds is 4. The SMILES string of the molecule is COc1cc(N2CCN(C)CC2)ccc1N=c1ncc2cc(-c3ccccc3Cl)c3n(c-2n1)CCN3. The van der Waals surface area contributed by atoms with Gasteiger partial charge in [0.1, 0.15) is 23.1 Å². The molecule has 1 saturated heterocycles. The zero-order chi connectivity index (χ0) is 24.6. The number of likely N-dealkylation sites (N-methyl/N-ethyl adjacent to an activating group) is 1. The molecule has 0 spiro atoms. The minimum absolute atomic E-state index is 0.403. The molecule has 184 valence electrons. The summed E-state index contributed by atoms with van der Waals surface area (Å²) in [5.74, 6) is 2.56. The number of benzene rings is 2. The Bertz CT molecular complexity index is 1460. The zero-order valence-electron chi connectivity index (χ0n) is 20.4. The largest absolute Gasteiger partial charge is 0.494 e. The summed E-state index contributed by atoms with van der Waals surface area (Å²) < 4.78 is 7.88. The highest BCUT2D eigenvalue weighted by atomic mass is 35.5. The molecule has 8 nitrogen and oxygen atoms in total. The van der Waals surface area contributed by atoms with Gasteiger partial charge in [0.25, 0.3) is 5.62 Å². The number of hydrogen-bond donors (Lipinski definition) is 1. The number of fused-ring (bicyclic) bond motifs is 3. The molecule has 2 aromatic carbocycles. The van der Waals surface area contributed by atoms with E-state index in [1.807, 2.05) is 36.5 Å². The van der Waals surface area contributed by atoms with Crippen LogP contribution in [0.25, 0.3) is 22.5 Å². The summed E-state index contributed by atoms with van der Waals surface area (Å²) in [4.78, 5) is 18.9. The van der Waals surface area contributed by atoms with Crippen LogP contribution in [0.2, 0.25) is 5.02 Å². The summed E-state index contributed by atoms with van der Waals surface area (Å²) in [6.07, 6.45) is 1.83. The van der Waals surface area contributed by atoms with Gasteiger partial charge < -0.3 is 24.4 Å². The first-order chi connectivity index (χ1) is 17.6. The highest BCUT2D eigenvalue weighted by Gasteiger charge is 2.23. The van der Waals surface area contributed by atoms with Gasteiger partial charge in [0.15, 0.2) is 0 Å². The van der Waals surface area contributed by atoms with Crippen molar-refractivity contribution in [1.29, 1.82) is 0 Å². The van der Waals surface area contributed by atoms with E-state index in [-0.39, 0.29) is 0 Å². The molecule has 1 N–H and O–H groups in total. The third-order valence-corrected chi connectivity index (χ3v) is 7.24. The van der Waals surface area contributed by atoms with Crippen molar-refractivity contribution in [2.75, 3.05) is 57.1 Å². The molecular weight excluding hydrogens is 474 g/mol. The van der Waals surface area contributed by atoms with Crippen molar-refractivity contribution < 1.29 is 4.74 Å². The first-order valence-corrected chi connectivity index (χ1v) is 12.5. The van der Waals surface area contributed by atoms with E-state index in [4.69, 9.17) is 26.3 Å². The highest BCUT2D eigenvalue weighted by Crippen LogP contribution is 2.39. The van der Waals surface area contributed by atoms with Gasteiger partial charge in [-0.1, -0.05) is 29.8 Å². The summed E-state index contributed by atoms with van der Waals surface area (Å²) in [6.45, 7) is 5.73. The maximum atomic E-state index is 6.52. The number of hydrogen-bond acceptors (Lipinski definition) is 7. The molecule has 6 rings (SSSR count). The molecule has 0 atom stereocenters. The average molecular weight is 502 g/mol. The lowest BCUT2D eigenvalue weighted by Gasteiger charge is -2.34. The number of halogens is 1. The fourth-order valence-corrected chi connectivity index (χ4v) is 5.16. The number of pyridine rings is 1. The number of anilines is 2. The molecule has 2 aromatic rings. The van der Waals surface area contributed by atoms with Crippen molar-refractivity contribution in [3.8, 4) is 28.3 Å². The van der Waals surface area contributed by atoms with Crippen molar-refractivity contribution in [1.82, 2.24) is 19.4 Å². The highest BCUT2D eigenvalue weighted by molar-refractivity contribution is 6.33. The number of methoxy groups -OCH3 is 1. The van der Waals surface area contributed by atoms with Crippen LogP contribution in [0, 0.1) is 0 Å². The van der Waals surface area contributed by atoms with Gasteiger partial charge in [-0.05, 0) is 31.3 Å². The second-order valence-electron chi connectivity index (χ2n) is 9.17. The van der Waals surface area contributed by atoms with Crippen molar-refractivity contribution >= 4 is 28.8 Å². The zero-order valence-corrected chi connectivity index (χ0v) is 21.2. The van der Waals surface area contributed by atoms with Gasteiger partial charge in [-0.3, -0.25) is 0 Å². The summed E-state index contributed by atoms with van der Waals surface area (Å²) >= 11 is 6.52. The van der Waals surface area contributed by atoms with Crippen molar-refractivity contribution in [3.63, 3.8) is 0 Å². The topological polar surface area (TPSA) is 70.8 Å². The van der Waals surface area contributed by atoms with E-state index in [1.54, 1.807) is 7.11 Å². The van der Waals surface area contributed by atoms with Crippen molar-refractivity contribution in [3.05, 3.63) is 65.4 Å². The van der Waals surface area contributed by atoms with Crippen LogP contribution in [0.4, 0.5) is 17.2 Å². The van der Waals surface area contributed by atoms with Gasteiger partial charge in [0.2, 0.25) is 0 Å². The molecule has 9 heteroatoms. The molecule has 4 heterocycles. The molecular formula is C27H28ClN7O. The van der Waals surface area contributed by atoms with Crippen LogP contribution in [0.1, 0.15) is 0 Å². The van der Waals surface area contributed by atoms with E-state index >= 15 is 0 Å². The van der Waals surface area contributed by atoms with Crippen LogP contribution in [-0.2, 0) is 6.54 Å². The maximum absolute atomic E-state index is 6.52. The van der Waals surface area contributed by atoms with Gasteiger partial charge in [0.05, 0.1) is 7.11 Å². The number of piperazine rings is 1. The molecule has 0 saturated carbocycles. The Morgan fingerprint density at radius 3 is 2.64 bits per heavy atom. The average Bonchev–Trinajstić information content (AvgIpc) is 3.40. The monoisotopic (exact) mass is 501 g/mol. The van der Waals surface area contributed by atoms with Gasteiger partial charge >= 0.3 is 0 Å². The van der Waals surface area contributed by atoms with Crippen molar-refractivity contribution in [2.24, 2.45) is 4.99 Å². The van der Waals surface area contributed by atoms with E-state index in [0.29, 0.717) is 22.1 Å². The van der Waals surface area contributed by atoms with E-state index in [9.17, 15) is 0 Å². The first-order valence-electron chi connectivity index (χ1n) is 12.2. The second kappa shape index (κ2) is 9.44. The Hall–Kier alpha value is -3.62. The minimum Gasteiger partial charge on any atom is -0.494 e. The predicted molar refractivity (Wildman–Crippen MR) is 144 cm³/mol. The van der Waals surface area contributed by atoms with Crippen LogP contribution in [0.5, 0.6) is 5.75 Å². The summed E-state index contributed by atoms with van der Waals surface area (Å²) in [6, 6.07) is 16.1. The summed E-state index contributed by atoms with van der Waals surface area (Å²) in [5, 5.41) is 4.22. The fraction of sp³-hybridized carbons (Fsp3) is 0.296. The Morgan fingerprint density at radius 1 is 1.00 bits per heavy atom. The molecule has 0 radical (unpaired) electrons. The smallest absolute Gasteiger partial charge is 0.252 e. The molecule has 4 aliphatic heterocycles. The number of nitrogens with one attached hydrogen (secondary N) is 1. The molecule has 0 aliphatic carbocycles. The van der Waals surface area contributed by atoms with E-state index < -0.39 is 0 Å². The fourth-order valence-electron chi connectivity index (χ4n) is 4.93. The van der Waals surface area contributed by atoms with Crippen molar-refractivity contribution in [2.45, 2.75) is 6.54 Å². The molecule has 0 bridgehead atoms. The quantitative estimate of drug-likeness (QED) is 0.453. The second-order valence-corrected chi connectivity index (χ2v) is 9.58. The third-order valence-electron chi connectivity index (χ3n) is 6.91. The van der Waals surface area contributed by atoms with Crippen LogP contribution in [-0.4, -0.2) is 66.3 Å². The molecule has 0 aromatic heterocycles. The minimum atomic E-state index is 0.403. The van der Waals surface area contributed by atoms with Crippen LogP contribution in [0.3, 0.4) is 0 Å². The number of nitrogens with zero attached hydrogens (tertiary/aromatic N) is 6. The normalized spacial score (nSPS) is 16.3. The maximum Gasteiger partial charge on any atom is 0.252 e. The van der Waals surface area contributed by atoms with E-state index in [0.717, 1.165) is 73.3 Å². The number of aromatic nitrogens is 3. The lowest BCUT2D eigenvalue weighted by Crippen LogP contribution is -2.44. The van der Waals surface area contributed by atoms with Gasteiger partial charge in [-0.2, -0.15) is 4.98 Å². The first kappa shape index (κ1) is 22.8. The Labute approximate surface area is 215 Å². The van der Waals surface area contributed by atoms with Crippen LogP contribution >= 0.6 is 11.6 Å². The number of ether oxygens (including phenoxy) is 1. The van der Waals surface area contributed by atoms with Crippen LogP contribution in [0.15, 0.2) is 59.7 Å². The lowest BCUT2D eigenvalue weighted by molar-refractivity contribution is 0.312. The molecule has 0 unspecified atom stereocenters. The summed E-state index contributed by atoms with van der Waals surface area (Å²) in [7, 11) is 3.83. The molecule has 1 fully saturated rings. The standard InChI is InChI=1S/C27H28ClN7O/c1-33-11-13-34(14-12-33)19-7-8-23(24(16-19)36-2)31-27-30-17-18-15-21(20-5-3-4-6-22(20)28)26-29-9-10-35(26)25(18)32-27/h3-8,15-17,29H,9-14H2,1-2H3. The van der Waals surface area contributed by atoms with Gasteiger partial charge in [-0.25, -0.2) is 9.98 Å². The Balaban J connectivity index is 1.40.